The number of ketones is 2. The second-order valence-electron chi connectivity index (χ2n) is 10.7. The number of Topliss-reactive ketones (excluding diaryl/α,β-unsaturated/α-hetero) is 2. The van der Waals surface area contributed by atoms with Gasteiger partial charge in [-0.15, -0.1) is 23.2 Å². The Balaban J connectivity index is 1.62. The van der Waals surface area contributed by atoms with Gasteiger partial charge in [-0.3, -0.25) is 19.3 Å². The number of alkyl halides is 3. The van der Waals surface area contributed by atoms with Gasteiger partial charge in [-0.1, -0.05) is 0 Å². The van der Waals surface area contributed by atoms with E-state index in [-0.39, 0.29) is 42.5 Å². The van der Waals surface area contributed by atoms with Crippen LogP contribution in [0, 0.1) is 29.6 Å². The second kappa shape index (κ2) is 12.5. The summed E-state index contributed by atoms with van der Waals surface area (Å²) in [4.78, 5) is 42.2. The molecule has 1 heterocycles. The summed E-state index contributed by atoms with van der Waals surface area (Å²) in [6.07, 6.45) is 2.27. The minimum atomic E-state index is -1.39. The highest BCUT2D eigenvalue weighted by Gasteiger charge is 2.53. The average molecular weight is 522 g/mol. The highest BCUT2D eigenvalue weighted by atomic mass is 35.5. The highest BCUT2D eigenvalue weighted by Crippen LogP contribution is 2.43. The molecule has 5 atom stereocenters. The van der Waals surface area contributed by atoms with Crippen molar-refractivity contribution in [2.45, 2.75) is 70.6 Å². The number of piperidine rings is 1. The molecule has 0 radical (unpaired) electrons. The fourth-order valence-electron chi connectivity index (χ4n) is 6.42. The molecule has 1 saturated heterocycles. The van der Waals surface area contributed by atoms with Crippen LogP contribution in [0.4, 0.5) is 4.39 Å². The number of hydrogen-bond donors (Lipinski definition) is 1. The van der Waals surface area contributed by atoms with Gasteiger partial charge in [-0.2, -0.15) is 0 Å². The van der Waals surface area contributed by atoms with Gasteiger partial charge in [0, 0.05) is 61.9 Å². The Hall–Kier alpha value is -0.760. The molecule has 2 aliphatic carbocycles. The maximum atomic E-state index is 15.3. The molecule has 1 N–H and O–H groups in total. The summed E-state index contributed by atoms with van der Waals surface area (Å²) in [5.74, 6) is -2.50. The maximum absolute atomic E-state index is 15.3. The van der Waals surface area contributed by atoms with Crippen molar-refractivity contribution in [3.05, 3.63) is 0 Å². The van der Waals surface area contributed by atoms with Crippen LogP contribution in [0.1, 0.15) is 52.4 Å². The number of rotatable bonds is 10. The number of carbonyl (C=O) groups is 3. The van der Waals surface area contributed by atoms with Gasteiger partial charge in [-0.25, -0.2) is 4.39 Å². The van der Waals surface area contributed by atoms with E-state index in [1.165, 1.54) is 0 Å². The van der Waals surface area contributed by atoms with E-state index in [0.29, 0.717) is 24.1 Å². The Morgan fingerprint density at radius 2 is 1.74 bits per heavy atom. The topological polar surface area (TPSA) is 77.9 Å². The molecule has 0 aromatic carbocycles. The minimum Gasteiger partial charge on any atom is -0.481 e. The molecule has 3 fully saturated rings. The third-order valence-corrected chi connectivity index (χ3v) is 8.64. The Morgan fingerprint density at radius 3 is 2.26 bits per heavy atom. The van der Waals surface area contributed by atoms with E-state index in [9.17, 15) is 19.5 Å². The van der Waals surface area contributed by atoms with E-state index in [2.05, 4.69) is 4.90 Å². The number of fused-ring (bicyclic) bond motifs is 1. The number of hydrogen-bond acceptors (Lipinski definition) is 5. The minimum absolute atomic E-state index is 0.000661. The largest absolute Gasteiger partial charge is 0.481 e. The first-order valence-corrected chi connectivity index (χ1v) is 13.8. The summed E-state index contributed by atoms with van der Waals surface area (Å²) in [5.41, 5.74) is 0. The third kappa shape index (κ3) is 6.32. The van der Waals surface area contributed by atoms with Gasteiger partial charge in [0.1, 0.15) is 17.9 Å². The lowest BCUT2D eigenvalue weighted by Crippen LogP contribution is -2.61. The number of likely N-dealkylation sites (tertiary alicyclic amines) is 1. The summed E-state index contributed by atoms with van der Waals surface area (Å²) in [6, 6.07) is -0.242. The van der Waals surface area contributed by atoms with Crippen molar-refractivity contribution >= 4 is 40.7 Å². The van der Waals surface area contributed by atoms with Crippen LogP contribution in [-0.2, 0) is 14.4 Å². The Labute approximate surface area is 212 Å². The van der Waals surface area contributed by atoms with Crippen LogP contribution in [0.15, 0.2) is 0 Å². The third-order valence-electron chi connectivity index (χ3n) is 8.30. The first kappa shape index (κ1) is 27.8. The SMILES string of the molecule is CC(C)N1CC(C(=O)O)C(=O)C2CC(F)C(C(=O)C3CCC(CN(CCCl)CCCl)CC3)CC21. The van der Waals surface area contributed by atoms with Crippen LogP contribution >= 0.6 is 23.2 Å². The molecule has 0 amide bonds. The highest BCUT2D eigenvalue weighted by molar-refractivity contribution is 6.18. The number of carboxylic acid groups (broad SMARTS) is 1. The number of halogens is 3. The molecule has 9 heteroatoms. The smallest absolute Gasteiger partial charge is 0.315 e. The average Bonchev–Trinajstić information content (AvgIpc) is 2.79. The monoisotopic (exact) mass is 520 g/mol. The molecule has 34 heavy (non-hydrogen) atoms. The molecule has 0 aromatic heterocycles. The molecule has 5 unspecified atom stereocenters. The van der Waals surface area contributed by atoms with Crippen molar-refractivity contribution in [3.63, 3.8) is 0 Å². The lowest BCUT2D eigenvalue weighted by atomic mass is 9.66. The first-order valence-electron chi connectivity index (χ1n) is 12.7. The van der Waals surface area contributed by atoms with Crippen LogP contribution in [0.5, 0.6) is 0 Å². The fraction of sp³-hybridized carbons (Fsp3) is 0.880. The van der Waals surface area contributed by atoms with Gasteiger partial charge in [0.05, 0.1) is 5.92 Å². The maximum Gasteiger partial charge on any atom is 0.315 e. The molecule has 6 nitrogen and oxygen atoms in total. The summed E-state index contributed by atoms with van der Waals surface area (Å²) >= 11 is 11.8. The summed E-state index contributed by atoms with van der Waals surface area (Å²) in [7, 11) is 0. The first-order chi connectivity index (χ1) is 16.2. The molecule has 1 aliphatic heterocycles. The zero-order valence-corrected chi connectivity index (χ0v) is 21.8. The molecule has 2 saturated carbocycles. The van der Waals surface area contributed by atoms with E-state index >= 15 is 4.39 Å². The fourth-order valence-corrected chi connectivity index (χ4v) is 6.90. The van der Waals surface area contributed by atoms with Gasteiger partial charge in [0.2, 0.25) is 0 Å². The van der Waals surface area contributed by atoms with Crippen molar-refractivity contribution in [2.24, 2.45) is 29.6 Å². The lowest BCUT2D eigenvalue weighted by molar-refractivity contribution is -0.158. The molecular weight excluding hydrogens is 482 g/mol. The van der Waals surface area contributed by atoms with Crippen LogP contribution in [-0.4, -0.2) is 88.6 Å². The Kier molecular flexibility index (Phi) is 10.2. The molecule has 0 spiro atoms. The Morgan fingerprint density at radius 1 is 1.12 bits per heavy atom. The summed E-state index contributed by atoms with van der Waals surface area (Å²) < 4.78 is 15.3. The summed E-state index contributed by atoms with van der Waals surface area (Å²) in [5, 5.41) is 9.50. The lowest BCUT2D eigenvalue weighted by Gasteiger charge is -2.49. The van der Waals surface area contributed by atoms with E-state index in [0.717, 1.165) is 45.3 Å². The van der Waals surface area contributed by atoms with E-state index in [1.54, 1.807) is 0 Å². The van der Waals surface area contributed by atoms with Gasteiger partial charge in [0.25, 0.3) is 0 Å². The van der Waals surface area contributed by atoms with E-state index in [1.807, 2.05) is 18.7 Å². The van der Waals surface area contributed by atoms with Crippen LogP contribution in [0.25, 0.3) is 0 Å². The van der Waals surface area contributed by atoms with Crippen LogP contribution < -0.4 is 0 Å². The van der Waals surface area contributed by atoms with Crippen molar-refractivity contribution in [3.8, 4) is 0 Å². The number of carbonyl (C=O) groups excluding carboxylic acids is 2. The molecule has 194 valence electrons. The van der Waals surface area contributed by atoms with Crippen molar-refractivity contribution in [1.82, 2.24) is 9.80 Å². The standard InChI is InChI=1S/C25H39Cl2FN2O4/c1-15(2)30-14-20(25(33)34)24(32)19-11-21(28)18(12-22(19)30)23(31)17-5-3-16(4-6-17)13-29(9-7-26)10-8-27/h15-22H,3-14H2,1-2H3,(H,33,34). The van der Waals surface area contributed by atoms with Crippen LogP contribution in [0.2, 0.25) is 0 Å². The number of nitrogens with zero attached hydrogens (tertiary/aromatic N) is 2. The van der Waals surface area contributed by atoms with Crippen molar-refractivity contribution in [2.75, 3.05) is 37.9 Å². The van der Waals surface area contributed by atoms with Gasteiger partial charge >= 0.3 is 5.97 Å². The summed E-state index contributed by atoms with van der Waals surface area (Å²) in [6.45, 7) is 6.59. The van der Waals surface area contributed by atoms with Gasteiger partial charge in [-0.05, 0) is 58.3 Å². The van der Waals surface area contributed by atoms with E-state index in [4.69, 9.17) is 23.2 Å². The normalized spacial score (nSPS) is 34.9. The number of aliphatic carboxylic acids is 1. The molecule has 3 aliphatic rings. The molecule has 0 bridgehead atoms. The zero-order valence-electron chi connectivity index (χ0n) is 20.3. The Bertz CT molecular complexity index is 726. The molecule has 0 aromatic rings. The predicted molar refractivity (Wildman–Crippen MR) is 131 cm³/mol. The van der Waals surface area contributed by atoms with Crippen molar-refractivity contribution in [1.29, 1.82) is 0 Å². The van der Waals surface area contributed by atoms with Crippen molar-refractivity contribution < 1.29 is 23.9 Å². The number of carboxylic acids is 1. The van der Waals surface area contributed by atoms with Crippen LogP contribution in [0.3, 0.4) is 0 Å². The quantitative estimate of drug-likeness (QED) is 0.348. The second-order valence-corrected chi connectivity index (χ2v) is 11.4. The predicted octanol–water partition coefficient (Wildman–Crippen LogP) is 3.87. The van der Waals surface area contributed by atoms with Gasteiger partial charge in [0.15, 0.2) is 5.78 Å². The zero-order chi connectivity index (χ0) is 25.0. The van der Waals surface area contributed by atoms with Gasteiger partial charge < -0.3 is 10.0 Å². The molecule has 3 rings (SSSR count). The molecular formula is C25H39Cl2FN2O4. The van der Waals surface area contributed by atoms with E-state index < -0.39 is 29.9 Å².